The third-order valence-corrected chi connectivity index (χ3v) is 4.83. The molecule has 2 unspecified atom stereocenters. The molecule has 2 nitrogen and oxygen atoms in total. The van der Waals surface area contributed by atoms with Crippen molar-refractivity contribution in [2.75, 3.05) is 5.75 Å². The SMILES string of the molecule is CCC(CCC(Cl)(SCCC(F)(F)F)C(N)=O)C(F)(F)F. The second-order valence-electron chi connectivity index (χ2n) is 4.49. The Morgan fingerprint density at radius 3 is 2.05 bits per heavy atom. The van der Waals surface area contributed by atoms with Crippen LogP contribution in [0.2, 0.25) is 0 Å². The van der Waals surface area contributed by atoms with Gasteiger partial charge < -0.3 is 5.73 Å². The lowest BCUT2D eigenvalue weighted by Crippen LogP contribution is -2.37. The minimum absolute atomic E-state index is 0.206. The lowest BCUT2D eigenvalue weighted by atomic mass is 9.98. The second-order valence-corrected chi connectivity index (χ2v) is 6.75. The second kappa shape index (κ2) is 7.80. The van der Waals surface area contributed by atoms with Crippen molar-refractivity contribution >= 4 is 29.3 Å². The first-order chi connectivity index (χ1) is 9.32. The van der Waals surface area contributed by atoms with E-state index in [2.05, 4.69) is 0 Å². The molecule has 0 heterocycles. The summed E-state index contributed by atoms with van der Waals surface area (Å²) in [7, 11) is 0. The third kappa shape index (κ3) is 8.04. The summed E-state index contributed by atoms with van der Waals surface area (Å²) in [5.74, 6) is -3.34. The largest absolute Gasteiger partial charge is 0.391 e. The van der Waals surface area contributed by atoms with Gasteiger partial charge in [0.2, 0.25) is 5.91 Å². The van der Waals surface area contributed by atoms with Gasteiger partial charge in [-0.05, 0) is 19.3 Å². The Hall–Kier alpha value is -0.310. The fourth-order valence-corrected chi connectivity index (χ4v) is 2.96. The molecule has 0 aromatic heterocycles. The van der Waals surface area contributed by atoms with Gasteiger partial charge in [-0.25, -0.2) is 0 Å². The minimum atomic E-state index is -4.44. The normalized spacial score (nSPS) is 17.3. The van der Waals surface area contributed by atoms with Gasteiger partial charge in [0.05, 0.1) is 12.3 Å². The maximum Gasteiger partial charge on any atom is 0.391 e. The first kappa shape index (κ1) is 20.7. The molecule has 2 atom stereocenters. The highest BCUT2D eigenvalue weighted by Gasteiger charge is 2.42. The standard InChI is InChI=1S/C11H16ClF6NOS/c1-2-7(11(16,17)18)3-4-9(12,8(19)20)21-6-5-10(13,14)15/h7H,2-6H2,1H3,(H2,19,20). The van der Waals surface area contributed by atoms with E-state index in [0.29, 0.717) is 11.8 Å². The topological polar surface area (TPSA) is 43.1 Å². The molecule has 21 heavy (non-hydrogen) atoms. The van der Waals surface area contributed by atoms with Gasteiger partial charge in [0.25, 0.3) is 0 Å². The first-order valence-electron chi connectivity index (χ1n) is 6.08. The molecule has 0 spiro atoms. The average molecular weight is 360 g/mol. The molecule has 126 valence electrons. The van der Waals surface area contributed by atoms with Crippen LogP contribution in [0.4, 0.5) is 26.3 Å². The number of nitrogens with two attached hydrogens (primary N) is 1. The van der Waals surface area contributed by atoms with Gasteiger partial charge >= 0.3 is 12.4 Å². The molecule has 0 aliphatic heterocycles. The van der Waals surface area contributed by atoms with Gasteiger partial charge in [-0.15, -0.1) is 11.8 Å². The van der Waals surface area contributed by atoms with Gasteiger partial charge in [-0.2, -0.15) is 26.3 Å². The van der Waals surface area contributed by atoms with Crippen molar-refractivity contribution in [2.45, 2.75) is 49.2 Å². The molecule has 10 heteroatoms. The van der Waals surface area contributed by atoms with E-state index >= 15 is 0 Å². The molecule has 0 bridgehead atoms. The van der Waals surface area contributed by atoms with Crippen molar-refractivity contribution in [3.63, 3.8) is 0 Å². The molecule has 0 rings (SSSR count). The predicted octanol–water partition coefficient (Wildman–Crippen LogP) is 4.46. The number of carbonyl (C=O) groups is 1. The van der Waals surface area contributed by atoms with Crippen LogP contribution in [0.3, 0.4) is 0 Å². The third-order valence-electron chi connectivity index (χ3n) is 2.85. The Kier molecular flexibility index (Phi) is 7.69. The quantitative estimate of drug-likeness (QED) is 0.513. The Bertz CT molecular complexity index is 349. The number of amides is 1. The van der Waals surface area contributed by atoms with E-state index in [-0.39, 0.29) is 6.42 Å². The Morgan fingerprint density at radius 2 is 1.71 bits per heavy atom. The van der Waals surface area contributed by atoms with Gasteiger partial charge in [0.1, 0.15) is 0 Å². The summed E-state index contributed by atoms with van der Waals surface area (Å²) in [4.78, 5) is 11.2. The number of carbonyl (C=O) groups excluding carboxylic acids is 1. The molecule has 0 aliphatic rings. The van der Waals surface area contributed by atoms with Gasteiger partial charge in [0.15, 0.2) is 4.21 Å². The van der Waals surface area contributed by atoms with E-state index in [1.807, 2.05) is 0 Å². The summed E-state index contributed by atoms with van der Waals surface area (Å²) < 4.78 is 71.9. The molecule has 0 aromatic rings. The van der Waals surface area contributed by atoms with E-state index in [1.165, 1.54) is 6.92 Å². The lowest BCUT2D eigenvalue weighted by Gasteiger charge is -2.26. The Morgan fingerprint density at radius 1 is 1.19 bits per heavy atom. The summed E-state index contributed by atoms with van der Waals surface area (Å²) >= 11 is 6.23. The number of primary amides is 1. The maximum atomic E-state index is 12.6. The summed E-state index contributed by atoms with van der Waals surface area (Å²) in [5.41, 5.74) is 5.00. The summed E-state index contributed by atoms with van der Waals surface area (Å²) in [6, 6.07) is 0. The molecular formula is C11H16ClF6NOS. The van der Waals surface area contributed by atoms with Crippen molar-refractivity contribution in [2.24, 2.45) is 11.7 Å². The van der Waals surface area contributed by atoms with Gasteiger partial charge in [-0.3, -0.25) is 4.79 Å². The number of alkyl halides is 7. The fourth-order valence-electron chi connectivity index (χ4n) is 1.55. The van der Waals surface area contributed by atoms with Crippen LogP contribution >= 0.6 is 23.4 Å². The monoisotopic (exact) mass is 359 g/mol. The highest BCUT2D eigenvalue weighted by Crippen LogP contribution is 2.41. The highest BCUT2D eigenvalue weighted by atomic mass is 35.5. The van der Waals surface area contributed by atoms with E-state index < -0.39 is 53.4 Å². The molecular weight excluding hydrogens is 344 g/mol. The molecule has 0 saturated heterocycles. The molecule has 0 fully saturated rings. The molecule has 0 aliphatic carbocycles. The fraction of sp³-hybridized carbons (Fsp3) is 0.909. The van der Waals surface area contributed by atoms with Crippen molar-refractivity contribution in [1.82, 2.24) is 0 Å². The highest BCUT2D eigenvalue weighted by molar-refractivity contribution is 8.02. The zero-order chi connectivity index (χ0) is 16.9. The van der Waals surface area contributed by atoms with Crippen molar-refractivity contribution < 1.29 is 31.1 Å². The van der Waals surface area contributed by atoms with Gasteiger partial charge in [0, 0.05) is 5.75 Å². The van der Waals surface area contributed by atoms with Crippen molar-refractivity contribution in [3.05, 3.63) is 0 Å². The van der Waals surface area contributed by atoms with Crippen LogP contribution in [0.5, 0.6) is 0 Å². The van der Waals surface area contributed by atoms with E-state index in [0.717, 1.165) is 0 Å². The Labute approximate surface area is 127 Å². The van der Waals surface area contributed by atoms with E-state index in [9.17, 15) is 31.1 Å². The summed E-state index contributed by atoms with van der Waals surface area (Å²) in [6.45, 7) is 1.33. The van der Waals surface area contributed by atoms with Crippen LogP contribution in [-0.2, 0) is 4.79 Å². The zero-order valence-electron chi connectivity index (χ0n) is 11.2. The molecule has 0 radical (unpaired) electrons. The summed E-state index contributed by atoms with van der Waals surface area (Å²) in [5, 5.41) is 0. The molecule has 2 N–H and O–H groups in total. The smallest absolute Gasteiger partial charge is 0.367 e. The number of hydrogen-bond donors (Lipinski definition) is 1. The van der Waals surface area contributed by atoms with Crippen LogP contribution in [0, 0.1) is 5.92 Å². The van der Waals surface area contributed by atoms with Crippen molar-refractivity contribution in [3.8, 4) is 0 Å². The number of halogens is 7. The molecule has 0 aromatic carbocycles. The maximum absolute atomic E-state index is 12.6. The van der Waals surface area contributed by atoms with Crippen molar-refractivity contribution in [1.29, 1.82) is 0 Å². The Balaban J connectivity index is 4.63. The first-order valence-corrected chi connectivity index (χ1v) is 7.44. The number of hydrogen-bond acceptors (Lipinski definition) is 2. The number of thioether (sulfide) groups is 1. The van der Waals surface area contributed by atoms with E-state index in [4.69, 9.17) is 17.3 Å². The summed E-state index contributed by atoms with van der Waals surface area (Å²) in [6.07, 6.45) is -11.2. The van der Waals surface area contributed by atoms with Crippen LogP contribution in [-0.4, -0.2) is 28.2 Å². The predicted molar refractivity (Wildman–Crippen MR) is 70.0 cm³/mol. The van der Waals surface area contributed by atoms with E-state index in [1.54, 1.807) is 0 Å². The van der Waals surface area contributed by atoms with Gasteiger partial charge in [-0.1, -0.05) is 18.5 Å². The molecule has 0 saturated carbocycles. The van der Waals surface area contributed by atoms with Crippen LogP contribution in [0.15, 0.2) is 0 Å². The molecule has 1 amide bonds. The minimum Gasteiger partial charge on any atom is -0.367 e. The zero-order valence-corrected chi connectivity index (χ0v) is 12.7. The average Bonchev–Trinajstić information content (AvgIpc) is 2.25. The van der Waals surface area contributed by atoms with Crippen LogP contribution < -0.4 is 5.73 Å². The van der Waals surface area contributed by atoms with Crippen LogP contribution in [0.25, 0.3) is 0 Å². The van der Waals surface area contributed by atoms with Crippen LogP contribution in [0.1, 0.15) is 32.6 Å². The number of rotatable bonds is 8. The lowest BCUT2D eigenvalue weighted by molar-refractivity contribution is -0.177.